The Hall–Kier alpha value is -1.59. The number of carboxylic acids is 1. The quantitative estimate of drug-likeness (QED) is 0.849. The van der Waals surface area contributed by atoms with Gasteiger partial charge in [-0.25, -0.2) is 0 Å². The highest BCUT2D eigenvalue weighted by molar-refractivity contribution is 5.69. The second kappa shape index (κ2) is 5.59. The zero-order chi connectivity index (χ0) is 13.9. The van der Waals surface area contributed by atoms with Crippen LogP contribution in [0.15, 0.2) is 30.3 Å². The fraction of sp³-hybridized carbons (Fsp3) is 0.500. The average Bonchev–Trinajstić information content (AvgIpc) is 2.33. The molecule has 1 heterocycles. The van der Waals surface area contributed by atoms with Crippen LogP contribution in [-0.2, 0) is 4.79 Å². The van der Waals surface area contributed by atoms with Crippen LogP contribution >= 0.6 is 0 Å². The van der Waals surface area contributed by atoms with Gasteiger partial charge < -0.3 is 14.9 Å². The van der Waals surface area contributed by atoms with Crippen LogP contribution in [0.25, 0.3) is 0 Å². The molecule has 0 spiro atoms. The minimum atomic E-state index is -1.05. The van der Waals surface area contributed by atoms with Crippen molar-refractivity contribution in [2.24, 2.45) is 0 Å². The molecule has 2 rings (SSSR count). The third kappa shape index (κ3) is 3.68. The molecule has 5 heteroatoms. The standard InChI is InChI=1S/C14H19NO4/c1-14(18)10-15(9-13(16)17)8-7-12(14)19-11-5-3-2-4-6-11/h2-6,12,18H,7-10H2,1H3,(H,16,17)/t12-,14-/m0/s1. The maximum absolute atomic E-state index is 10.7. The monoisotopic (exact) mass is 265 g/mol. The SMILES string of the molecule is C[C@]1(O)CN(CC(=O)O)CC[C@@H]1Oc1ccccc1. The van der Waals surface area contributed by atoms with Crippen molar-refractivity contribution in [1.29, 1.82) is 0 Å². The Morgan fingerprint density at radius 1 is 1.47 bits per heavy atom. The summed E-state index contributed by atoms with van der Waals surface area (Å²) in [4.78, 5) is 12.4. The first kappa shape index (κ1) is 13.8. The average molecular weight is 265 g/mol. The van der Waals surface area contributed by atoms with E-state index in [1.54, 1.807) is 11.8 Å². The van der Waals surface area contributed by atoms with Crippen LogP contribution in [-0.4, -0.2) is 52.4 Å². The predicted molar refractivity (Wildman–Crippen MR) is 70.2 cm³/mol. The Kier molecular flexibility index (Phi) is 4.07. The van der Waals surface area contributed by atoms with Gasteiger partial charge in [-0.3, -0.25) is 9.69 Å². The van der Waals surface area contributed by atoms with Crippen molar-refractivity contribution in [1.82, 2.24) is 4.90 Å². The minimum Gasteiger partial charge on any atom is -0.487 e. The summed E-state index contributed by atoms with van der Waals surface area (Å²) in [6.45, 7) is 2.56. The van der Waals surface area contributed by atoms with Gasteiger partial charge in [-0.1, -0.05) is 18.2 Å². The zero-order valence-electron chi connectivity index (χ0n) is 11.0. The normalized spacial score (nSPS) is 28.0. The van der Waals surface area contributed by atoms with Gasteiger partial charge in [0.1, 0.15) is 17.5 Å². The fourth-order valence-electron chi connectivity index (χ4n) is 2.42. The summed E-state index contributed by atoms with van der Waals surface area (Å²) < 4.78 is 5.80. The molecule has 0 aliphatic carbocycles. The molecule has 0 bridgehead atoms. The first-order chi connectivity index (χ1) is 8.97. The highest BCUT2D eigenvalue weighted by Gasteiger charge is 2.40. The molecule has 1 saturated heterocycles. The Balaban J connectivity index is 1.98. The van der Waals surface area contributed by atoms with Gasteiger partial charge in [-0.2, -0.15) is 0 Å². The van der Waals surface area contributed by atoms with Crippen LogP contribution < -0.4 is 4.74 Å². The van der Waals surface area contributed by atoms with Crippen LogP contribution in [0.3, 0.4) is 0 Å². The number of hydrogen-bond donors (Lipinski definition) is 2. The fourth-order valence-corrected chi connectivity index (χ4v) is 2.42. The van der Waals surface area contributed by atoms with E-state index in [4.69, 9.17) is 9.84 Å². The molecule has 1 aliphatic rings. The number of nitrogens with zero attached hydrogens (tertiary/aromatic N) is 1. The van der Waals surface area contributed by atoms with Gasteiger partial charge in [0.2, 0.25) is 0 Å². The number of aliphatic carboxylic acids is 1. The van der Waals surface area contributed by atoms with E-state index in [0.717, 1.165) is 5.75 Å². The second-order valence-electron chi connectivity index (χ2n) is 5.17. The molecule has 1 fully saturated rings. The lowest BCUT2D eigenvalue weighted by atomic mass is 9.91. The summed E-state index contributed by atoms with van der Waals surface area (Å²) in [7, 11) is 0. The number of hydrogen-bond acceptors (Lipinski definition) is 4. The lowest BCUT2D eigenvalue weighted by Crippen LogP contribution is -2.57. The lowest BCUT2D eigenvalue weighted by Gasteiger charge is -2.42. The molecule has 0 saturated carbocycles. The summed E-state index contributed by atoms with van der Waals surface area (Å²) in [5, 5.41) is 19.2. The molecule has 1 aliphatic heterocycles. The Bertz CT molecular complexity index is 432. The van der Waals surface area contributed by atoms with E-state index in [0.29, 0.717) is 19.5 Å². The van der Waals surface area contributed by atoms with E-state index >= 15 is 0 Å². The van der Waals surface area contributed by atoms with Gasteiger partial charge in [0.25, 0.3) is 0 Å². The highest BCUT2D eigenvalue weighted by Crippen LogP contribution is 2.26. The van der Waals surface area contributed by atoms with Gasteiger partial charge in [0, 0.05) is 13.1 Å². The molecule has 19 heavy (non-hydrogen) atoms. The molecule has 0 aromatic heterocycles. The number of piperidine rings is 1. The molecule has 2 atom stereocenters. The van der Waals surface area contributed by atoms with Gasteiger partial charge in [-0.15, -0.1) is 0 Å². The van der Waals surface area contributed by atoms with Crippen LogP contribution in [0, 0.1) is 0 Å². The van der Waals surface area contributed by atoms with E-state index in [9.17, 15) is 9.90 Å². The Labute approximate surface area is 112 Å². The number of β-amino-alcohol motifs (C(OH)–C–C–N with tert-alkyl or cyclic N) is 1. The summed E-state index contributed by atoms with van der Waals surface area (Å²) in [6, 6.07) is 9.35. The minimum absolute atomic E-state index is 0.0474. The van der Waals surface area contributed by atoms with Gasteiger partial charge in [-0.05, 0) is 25.5 Å². The van der Waals surface area contributed by atoms with Crippen LogP contribution in [0.5, 0.6) is 5.75 Å². The lowest BCUT2D eigenvalue weighted by molar-refractivity contribution is -0.142. The van der Waals surface area contributed by atoms with E-state index in [1.807, 2.05) is 30.3 Å². The summed E-state index contributed by atoms with van der Waals surface area (Å²) in [5.74, 6) is -0.155. The van der Waals surface area contributed by atoms with Crippen molar-refractivity contribution in [2.45, 2.75) is 25.0 Å². The van der Waals surface area contributed by atoms with Crippen molar-refractivity contribution < 1.29 is 19.7 Å². The third-order valence-corrected chi connectivity index (χ3v) is 3.33. The highest BCUT2D eigenvalue weighted by atomic mass is 16.5. The predicted octanol–water partition coefficient (Wildman–Crippen LogP) is 0.975. The van der Waals surface area contributed by atoms with Crippen molar-refractivity contribution >= 4 is 5.97 Å². The molecule has 1 aromatic carbocycles. The smallest absolute Gasteiger partial charge is 0.317 e. The molecule has 0 radical (unpaired) electrons. The summed E-state index contributed by atoms with van der Waals surface area (Å²) >= 11 is 0. The number of likely N-dealkylation sites (tertiary alicyclic amines) is 1. The van der Waals surface area contributed by atoms with Crippen molar-refractivity contribution in [3.05, 3.63) is 30.3 Å². The molecule has 2 N–H and O–H groups in total. The number of ether oxygens (including phenoxy) is 1. The van der Waals surface area contributed by atoms with Crippen LogP contribution in [0.1, 0.15) is 13.3 Å². The first-order valence-electron chi connectivity index (χ1n) is 6.35. The maximum Gasteiger partial charge on any atom is 0.317 e. The van der Waals surface area contributed by atoms with Gasteiger partial charge in [0.15, 0.2) is 0 Å². The van der Waals surface area contributed by atoms with E-state index in [-0.39, 0.29) is 12.6 Å². The maximum atomic E-state index is 10.7. The Morgan fingerprint density at radius 2 is 2.16 bits per heavy atom. The number of aliphatic hydroxyl groups is 1. The van der Waals surface area contributed by atoms with E-state index < -0.39 is 11.6 Å². The van der Waals surface area contributed by atoms with Crippen LogP contribution in [0.2, 0.25) is 0 Å². The second-order valence-corrected chi connectivity index (χ2v) is 5.17. The Morgan fingerprint density at radius 3 is 2.74 bits per heavy atom. The van der Waals surface area contributed by atoms with E-state index in [2.05, 4.69) is 0 Å². The number of carbonyl (C=O) groups is 1. The molecule has 1 aromatic rings. The topological polar surface area (TPSA) is 70.0 Å². The largest absolute Gasteiger partial charge is 0.487 e. The molecule has 0 unspecified atom stereocenters. The number of rotatable bonds is 4. The van der Waals surface area contributed by atoms with Crippen molar-refractivity contribution in [3.63, 3.8) is 0 Å². The van der Waals surface area contributed by atoms with Gasteiger partial charge >= 0.3 is 5.97 Å². The van der Waals surface area contributed by atoms with Crippen molar-refractivity contribution in [2.75, 3.05) is 19.6 Å². The number of para-hydroxylation sites is 1. The first-order valence-corrected chi connectivity index (χ1v) is 6.35. The summed E-state index contributed by atoms with van der Waals surface area (Å²) in [6.07, 6.45) is 0.287. The molecule has 5 nitrogen and oxygen atoms in total. The number of benzene rings is 1. The summed E-state index contributed by atoms with van der Waals surface area (Å²) in [5.41, 5.74) is -1.05. The number of carboxylic acid groups (broad SMARTS) is 1. The molecule has 0 amide bonds. The zero-order valence-corrected chi connectivity index (χ0v) is 11.0. The van der Waals surface area contributed by atoms with Crippen molar-refractivity contribution in [3.8, 4) is 5.75 Å². The van der Waals surface area contributed by atoms with Crippen LogP contribution in [0.4, 0.5) is 0 Å². The third-order valence-electron chi connectivity index (χ3n) is 3.33. The molecular weight excluding hydrogens is 246 g/mol. The van der Waals surface area contributed by atoms with Gasteiger partial charge in [0.05, 0.1) is 6.54 Å². The molecule has 104 valence electrons. The molecular formula is C14H19NO4. The van der Waals surface area contributed by atoms with E-state index in [1.165, 1.54) is 0 Å².